The van der Waals surface area contributed by atoms with E-state index in [1.807, 2.05) is 0 Å². The molecule has 0 amide bonds. The monoisotopic (exact) mass is 208 g/mol. The predicted octanol–water partition coefficient (Wildman–Crippen LogP) is 1.06. The van der Waals surface area contributed by atoms with E-state index in [1.54, 1.807) is 13.3 Å². The minimum absolute atomic E-state index is 0.346. The maximum absolute atomic E-state index is 5.61. The van der Waals surface area contributed by atoms with Crippen LogP contribution in [0, 0.1) is 0 Å². The van der Waals surface area contributed by atoms with Gasteiger partial charge in [-0.05, 0) is 19.3 Å². The molecule has 2 rings (SSSR count). The Morgan fingerprint density at radius 1 is 1.33 bits per heavy atom. The number of ether oxygens (including phenoxy) is 1. The maximum Gasteiger partial charge on any atom is 0.258 e. The zero-order valence-electron chi connectivity index (χ0n) is 8.94. The summed E-state index contributed by atoms with van der Waals surface area (Å²) in [5, 5.41) is 0. The molecule has 0 aliphatic carbocycles. The van der Waals surface area contributed by atoms with Crippen LogP contribution in [-0.2, 0) is 0 Å². The third-order valence-corrected chi connectivity index (χ3v) is 2.63. The van der Waals surface area contributed by atoms with Crippen molar-refractivity contribution in [3.63, 3.8) is 0 Å². The largest absolute Gasteiger partial charge is 0.478 e. The van der Waals surface area contributed by atoms with Gasteiger partial charge in [-0.3, -0.25) is 0 Å². The second kappa shape index (κ2) is 4.33. The van der Waals surface area contributed by atoms with Gasteiger partial charge in [0.1, 0.15) is 0 Å². The van der Waals surface area contributed by atoms with Crippen LogP contribution < -0.4 is 15.4 Å². The molecule has 0 unspecified atom stereocenters. The van der Waals surface area contributed by atoms with E-state index in [-0.39, 0.29) is 0 Å². The Morgan fingerprint density at radius 3 is 2.73 bits per heavy atom. The molecule has 0 atom stereocenters. The highest BCUT2D eigenvalue weighted by Crippen LogP contribution is 2.22. The molecule has 0 bridgehead atoms. The Morgan fingerprint density at radius 2 is 2.07 bits per heavy atom. The quantitative estimate of drug-likeness (QED) is 0.787. The van der Waals surface area contributed by atoms with E-state index in [0.717, 1.165) is 18.9 Å². The molecule has 5 nitrogen and oxygen atoms in total. The lowest BCUT2D eigenvalue weighted by atomic mass is 10.1. The van der Waals surface area contributed by atoms with Crippen LogP contribution >= 0.6 is 0 Å². The number of anilines is 2. The number of hydrogen-bond acceptors (Lipinski definition) is 5. The van der Waals surface area contributed by atoms with Crippen molar-refractivity contribution in [1.29, 1.82) is 0 Å². The Balaban J connectivity index is 2.20. The topological polar surface area (TPSA) is 64.3 Å². The Labute approximate surface area is 89.3 Å². The van der Waals surface area contributed by atoms with Gasteiger partial charge >= 0.3 is 0 Å². The first-order chi connectivity index (χ1) is 7.31. The molecule has 1 aromatic rings. The minimum Gasteiger partial charge on any atom is -0.478 e. The molecule has 2 N–H and O–H groups in total. The first-order valence-corrected chi connectivity index (χ1v) is 5.22. The maximum atomic E-state index is 5.61. The van der Waals surface area contributed by atoms with Crippen LogP contribution in [0.25, 0.3) is 0 Å². The molecular weight excluding hydrogens is 192 g/mol. The predicted molar refractivity (Wildman–Crippen MR) is 59.1 cm³/mol. The number of piperidine rings is 1. The molecule has 15 heavy (non-hydrogen) atoms. The number of nitrogen functional groups attached to an aromatic ring is 1. The van der Waals surface area contributed by atoms with Gasteiger partial charge in [-0.25, -0.2) is 4.98 Å². The highest BCUT2D eigenvalue weighted by atomic mass is 16.5. The third kappa shape index (κ3) is 2.11. The highest BCUT2D eigenvalue weighted by Gasteiger charge is 2.14. The van der Waals surface area contributed by atoms with E-state index in [4.69, 9.17) is 10.5 Å². The smallest absolute Gasteiger partial charge is 0.258 e. The van der Waals surface area contributed by atoms with E-state index >= 15 is 0 Å². The van der Waals surface area contributed by atoms with Crippen molar-refractivity contribution in [2.24, 2.45) is 0 Å². The molecule has 0 aromatic carbocycles. The summed E-state index contributed by atoms with van der Waals surface area (Å²) in [6, 6.07) is 0. The van der Waals surface area contributed by atoms with Crippen LogP contribution in [0.1, 0.15) is 19.3 Å². The van der Waals surface area contributed by atoms with E-state index in [2.05, 4.69) is 14.9 Å². The molecule has 0 saturated carbocycles. The molecule has 1 fully saturated rings. The number of nitrogens with zero attached hydrogens (tertiary/aromatic N) is 3. The second-order valence-electron chi connectivity index (χ2n) is 3.67. The SMILES string of the molecule is COc1nc(N2CCCCC2)cnc1N. The van der Waals surface area contributed by atoms with Crippen LogP contribution in [0.3, 0.4) is 0 Å². The molecule has 2 heterocycles. The fraction of sp³-hybridized carbons (Fsp3) is 0.600. The van der Waals surface area contributed by atoms with E-state index in [9.17, 15) is 0 Å². The fourth-order valence-corrected chi connectivity index (χ4v) is 1.80. The fourth-order valence-electron chi connectivity index (χ4n) is 1.80. The molecule has 0 spiro atoms. The molecule has 1 aliphatic heterocycles. The van der Waals surface area contributed by atoms with Crippen molar-refractivity contribution in [1.82, 2.24) is 9.97 Å². The van der Waals surface area contributed by atoms with Crippen molar-refractivity contribution < 1.29 is 4.74 Å². The molecule has 82 valence electrons. The molecule has 5 heteroatoms. The Kier molecular flexibility index (Phi) is 2.89. The van der Waals surface area contributed by atoms with Crippen molar-refractivity contribution >= 4 is 11.6 Å². The lowest BCUT2D eigenvalue weighted by Gasteiger charge is -2.27. The average molecular weight is 208 g/mol. The van der Waals surface area contributed by atoms with Gasteiger partial charge < -0.3 is 15.4 Å². The van der Waals surface area contributed by atoms with Gasteiger partial charge in [0.25, 0.3) is 5.88 Å². The van der Waals surface area contributed by atoms with Crippen LogP contribution in [0.2, 0.25) is 0 Å². The van der Waals surface area contributed by atoms with Gasteiger partial charge in [-0.1, -0.05) is 0 Å². The zero-order chi connectivity index (χ0) is 10.7. The third-order valence-electron chi connectivity index (χ3n) is 2.63. The molecule has 1 saturated heterocycles. The minimum atomic E-state index is 0.346. The Bertz CT molecular complexity index is 336. The standard InChI is InChI=1S/C10H16N4O/c1-15-10-9(11)12-7-8(13-10)14-5-3-2-4-6-14/h7H,2-6H2,1H3,(H2,11,12). The van der Waals surface area contributed by atoms with Gasteiger partial charge in [0.2, 0.25) is 0 Å². The van der Waals surface area contributed by atoms with Gasteiger partial charge in [-0.2, -0.15) is 4.98 Å². The summed E-state index contributed by atoms with van der Waals surface area (Å²) in [5.41, 5.74) is 5.61. The average Bonchev–Trinajstić information content (AvgIpc) is 2.31. The number of aromatic nitrogens is 2. The van der Waals surface area contributed by atoms with Gasteiger partial charge in [0.15, 0.2) is 11.6 Å². The van der Waals surface area contributed by atoms with Gasteiger partial charge in [0.05, 0.1) is 13.3 Å². The number of rotatable bonds is 2. The summed E-state index contributed by atoms with van der Waals surface area (Å²) >= 11 is 0. The van der Waals surface area contributed by atoms with Crippen molar-refractivity contribution in [2.45, 2.75) is 19.3 Å². The first kappa shape index (κ1) is 10.0. The van der Waals surface area contributed by atoms with Crippen molar-refractivity contribution in [3.05, 3.63) is 6.20 Å². The summed E-state index contributed by atoms with van der Waals surface area (Å²) in [6.45, 7) is 2.09. The first-order valence-electron chi connectivity index (χ1n) is 5.22. The summed E-state index contributed by atoms with van der Waals surface area (Å²) in [4.78, 5) is 10.6. The van der Waals surface area contributed by atoms with E-state index in [0.29, 0.717) is 11.7 Å². The van der Waals surface area contributed by atoms with Crippen LogP contribution in [0.15, 0.2) is 6.20 Å². The van der Waals surface area contributed by atoms with Crippen LogP contribution in [-0.4, -0.2) is 30.2 Å². The summed E-state index contributed by atoms with van der Waals surface area (Å²) in [7, 11) is 1.56. The lowest BCUT2D eigenvalue weighted by Crippen LogP contribution is -2.30. The zero-order valence-corrected chi connectivity index (χ0v) is 8.94. The van der Waals surface area contributed by atoms with Crippen LogP contribution in [0.5, 0.6) is 5.88 Å². The van der Waals surface area contributed by atoms with Gasteiger partial charge in [0, 0.05) is 13.1 Å². The molecule has 1 aromatic heterocycles. The number of hydrogen-bond donors (Lipinski definition) is 1. The lowest BCUT2D eigenvalue weighted by molar-refractivity contribution is 0.398. The molecule has 0 radical (unpaired) electrons. The van der Waals surface area contributed by atoms with E-state index < -0.39 is 0 Å². The molecule has 1 aliphatic rings. The van der Waals surface area contributed by atoms with E-state index in [1.165, 1.54) is 19.3 Å². The number of methoxy groups -OCH3 is 1. The summed E-state index contributed by atoms with van der Waals surface area (Å²) in [5.74, 6) is 1.62. The van der Waals surface area contributed by atoms with Crippen molar-refractivity contribution in [3.8, 4) is 5.88 Å². The van der Waals surface area contributed by atoms with Crippen molar-refractivity contribution in [2.75, 3.05) is 30.8 Å². The summed E-state index contributed by atoms with van der Waals surface area (Å²) in [6.07, 6.45) is 5.45. The molecular formula is C10H16N4O. The summed E-state index contributed by atoms with van der Waals surface area (Å²) < 4.78 is 5.05. The Hall–Kier alpha value is -1.52. The van der Waals surface area contributed by atoms with Gasteiger partial charge in [-0.15, -0.1) is 0 Å². The van der Waals surface area contributed by atoms with Crippen LogP contribution in [0.4, 0.5) is 11.6 Å². The normalized spacial score (nSPS) is 16.5. The second-order valence-corrected chi connectivity index (χ2v) is 3.67. The number of nitrogens with two attached hydrogens (primary N) is 1. The highest BCUT2D eigenvalue weighted by molar-refractivity contribution is 5.47.